The third-order valence-electron chi connectivity index (χ3n) is 7.98. The van der Waals surface area contributed by atoms with Crippen LogP contribution in [0, 0.1) is 0 Å². The van der Waals surface area contributed by atoms with Crippen molar-refractivity contribution >= 4 is 23.5 Å². The number of amides is 3. The number of aryl methyl sites for hydroxylation is 1. The Balaban J connectivity index is 1.74. The molecule has 10 heteroatoms. The molecule has 0 radical (unpaired) electrons. The molecular weight excluding hydrogens is 520 g/mol. The van der Waals surface area contributed by atoms with Gasteiger partial charge >= 0.3 is 0 Å². The Kier molecular flexibility index (Phi) is 8.53. The van der Waals surface area contributed by atoms with E-state index >= 15 is 0 Å². The zero-order chi connectivity index (χ0) is 29.9. The topological polar surface area (TPSA) is 151 Å². The minimum absolute atomic E-state index is 0.0508. The second-order valence-electron chi connectivity index (χ2n) is 11.3. The summed E-state index contributed by atoms with van der Waals surface area (Å²) >= 11 is 0. The smallest absolute Gasteiger partial charge is 0.257 e. The monoisotopic (exact) mass is 560 g/mol. The first-order valence-corrected chi connectivity index (χ1v) is 14.0. The summed E-state index contributed by atoms with van der Waals surface area (Å²) < 4.78 is 1.81. The van der Waals surface area contributed by atoms with Gasteiger partial charge in [-0.1, -0.05) is 68.4 Å². The molecule has 218 valence electrons. The number of fused-ring (bicyclic) bond motifs is 1. The van der Waals surface area contributed by atoms with E-state index in [1.165, 1.54) is 13.1 Å². The second-order valence-corrected chi connectivity index (χ2v) is 11.3. The molecule has 6 N–H and O–H groups in total. The highest BCUT2D eigenvalue weighted by atomic mass is 16.3. The van der Waals surface area contributed by atoms with Gasteiger partial charge in [-0.25, -0.2) is 4.68 Å². The van der Waals surface area contributed by atoms with Gasteiger partial charge in [0.25, 0.3) is 11.8 Å². The number of rotatable bonds is 10. The van der Waals surface area contributed by atoms with Crippen LogP contribution in [-0.4, -0.2) is 44.8 Å². The van der Waals surface area contributed by atoms with Crippen molar-refractivity contribution in [2.45, 2.75) is 83.1 Å². The van der Waals surface area contributed by atoms with E-state index in [2.05, 4.69) is 34.9 Å². The van der Waals surface area contributed by atoms with Crippen LogP contribution < -0.4 is 21.7 Å². The van der Waals surface area contributed by atoms with Gasteiger partial charge in [0.1, 0.15) is 23.0 Å². The van der Waals surface area contributed by atoms with Crippen molar-refractivity contribution in [3.8, 4) is 0 Å². The van der Waals surface area contributed by atoms with Gasteiger partial charge < -0.3 is 26.8 Å². The zero-order valence-electron chi connectivity index (χ0n) is 24.3. The second kappa shape index (κ2) is 11.7. The molecule has 0 spiro atoms. The number of aliphatic hydroxyl groups excluding tert-OH is 1. The molecule has 0 bridgehead atoms. The molecule has 41 heavy (non-hydrogen) atoms. The Morgan fingerprint density at radius 2 is 1.80 bits per heavy atom. The van der Waals surface area contributed by atoms with Crippen LogP contribution >= 0.6 is 0 Å². The van der Waals surface area contributed by atoms with Gasteiger partial charge in [-0.05, 0) is 56.7 Å². The van der Waals surface area contributed by atoms with Crippen molar-refractivity contribution in [2.24, 2.45) is 5.73 Å². The summed E-state index contributed by atoms with van der Waals surface area (Å²) in [6, 6.07) is 16.0. The molecule has 0 saturated carbocycles. The lowest BCUT2D eigenvalue weighted by atomic mass is 9.84. The van der Waals surface area contributed by atoms with E-state index in [1.807, 2.05) is 54.1 Å². The van der Waals surface area contributed by atoms with E-state index in [-0.39, 0.29) is 23.6 Å². The van der Waals surface area contributed by atoms with Crippen molar-refractivity contribution in [1.29, 1.82) is 0 Å². The number of carbonyl (C=O) groups is 3. The molecule has 0 aliphatic carbocycles. The third-order valence-corrected chi connectivity index (χ3v) is 7.98. The summed E-state index contributed by atoms with van der Waals surface area (Å²) in [5.41, 5.74) is 6.49. The van der Waals surface area contributed by atoms with Crippen LogP contribution in [0.4, 0.5) is 5.82 Å². The molecule has 2 unspecified atom stereocenters. The fourth-order valence-electron chi connectivity index (χ4n) is 5.49. The molecule has 4 atom stereocenters. The highest BCUT2D eigenvalue weighted by Crippen LogP contribution is 2.40. The Bertz CT molecular complexity index is 1400. The number of aromatic nitrogens is 2. The number of carbonyl (C=O) groups excluding carboxylic acids is 3. The van der Waals surface area contributed by atoms with Crippen LogP contribution in [0.25, 0.3) is 0 Å². The maximum atomic E-state index is 14.0. The first-order chi connectivity index (χ1) is 19.4. The fourth-order valence-corrected chi connectivity index (χ4v) is 5.49. The van der Waals surface area contributed by atoms with Crippen molar-refractivity contribution in [3.05, 3.63) is 83.0 Å². The van der Waals surface area contributed by atoms with Crippen molar-refractivity contribution in [3.63, 3.8) is 0 Å². The predicted molar refractivity (Wildman–Crippen MR) is 157 cm³/mol. The maximum Gasteiger partial charge on any atom is 0.257 e. The molecule has 10 nitrogen and oxygen atoms in total. The number of nitrogens with zero attached hydrogens (tertiary/aromatic N) is 2. The first kappa shape index (κ1) is 29.8. The summed E-state index contributed by atoms with van der Waals surface area (Å²) in [6.07, 6.45) is 2.00. The highest BCUT2D eigenvalue weighted by Gasteiger charge is 2.44. The van der Waals surface area contributed by atoms with E-state index in [9.17, 15) is 19.5 Å². The molecule has 0 fully saturated rings. The van der Waals surface area contributed by atoms with E-state index in [1.54, 1.807) is 19.1 Å². The third kappa shape index (κ3) is 5.83. The minimum atomic E-state index is -1.57. The van der Waals surface area contributed by atoms with Gasteiger partial charge in [-0.2, -0.15) is 5.10 Å². The summed E-state index contributed by atoms with van der Waals surface area (Å²) in [7, 11) is 0. The number of nitrogens with one attached hydrogen (secondary N) is 3. The number of hydrogen-bond acceptors (Lipinski definition) is 6. The number of aliphatic hydroxyl groups is 1. The summed E-state index contributed by atoms with van der Waals surface area (Å²) in [4.78, 5) is 40.0. The van der Waals surface area contributed by atoms with Crippen LogP contribution in [0.2, 0.25) is 0 Å². The SMILES string of the molecule is CCc1ccc([C@@](CC)(NC(=O)c2cnn3c2N[C@@H](c2ccccc2)CC3(C)C)C(=O)NC(C(N)=O)C(C)O)cc1. The summed E-state index contributed by atoms with van der Waals surface area (Å²) in [6.45, 7) is 9.31. The Hall–Kier alpha value is -4.18. The molecular formula is C31H40N6O4. The van der Waals surface area contributed by atoms with Gasteiger partial charge in [0, 0.05) is 0 Å². The number of primary amides is 1. The largest absolute Gasteiger partial charge is 0.391 e. The summed E-state index contributed by atoms with van der Waals surface area (Å²) in [5.74, 6) is -1.49. The molecule has 1 aliphatic rings. The fraction of sp³-hybridized carbons (Fsp3) is 0.419. The van der Waals surface area contributed by atoms with Crippen LogP contribution in [-0.2, 0) is 27.1 Å². The molecule has 3 amide bonds. The van der Waals surface area contributed by atoms with Crippen LogP contribution in [0.15, 0.2) is 60.8 Å². The number of nitrogens with two attached hydrogens (primary N) is 1. The lowest BCUT2D eigenvalue weighted by molar-refractivity contribution is -0.134. The maximum absolute atomic E-state index is 14.0. The Morgan fingerprint density at radius 3 is 2.37 bits per heavy atom. The molecule has 2 heterocycles. The Labute approximate surface area is 240 Å². The molecule has 1 aromatic heterocycles. The van der Waals surface area contributed by atoms with Crippen LogP contribution in [0.3, 0.4) is 0 Å². The lowest BCUT2D eigenvalue weighted by Crippen LogP contribution is -2.61. The van der Waals surface area contributed by atoms with E-state index in [0.29, 0.717) is 11.4 Å². The van der Waals surface area contributed by atoms with E-state index in [0.717, 1.165) is 24.0 Å². The molecule has 1 aliphatic heterocycles. The molecule has 2 aromatic carbocycles. The highest BCUT2D eigenvalue weighted by molar-refractivity contribution is 6.03. The molecule has 0 saturated heterocycles. The standard InChI is InChI=1S/C31H40N6O4/c1-6-20-13-15-22(16-14-20)31(7-2,29(41)35-25(19(3)38)26(32)39)36-28(40)23-18-33-37-27(23)34-24(17-30(37,4)5)21-11-9-8-10-12-21/h8-16,18-19,24-25,34,38H,6-7,17H2,1-5H3,(H2,32,39)(H,35,41)(H,36,40)/t19?,24-,25?,31-/m1/s1. The van der Waals surface area contributed by atoms with Crippen molar-refractivity contribution in [1.82, 2.24) is 20.4 Å². The molecule has 4 rings (SSSR count). The lowest BCUT2D eigenvalue weighted by Gasteiger charge is -2.38. The van der Waals surface area contributed by atoms with Gasteiger partial charge in [0.15, 0.2) is 0 Å². The normalized spacial score (nSPS) is 18.6. The van der Waals surface area contributed by atoms with Crippen molar-refractivity contribution in [2.75, 3.05) is 5.32 Å². The predicted octanol–water partition coefficient (Wildman–Crippen LogP) is 3.12. The van der Waals surface area contributed by atoms with Gasteiger partial charge in [0.2, 0.25) is 5.91 Å². The number of benzene rings is 2. The van der Waals surface area contributed by atoms with Crippen LogP contribution in [0.1, 0.15) is 80.6 Å². The van der Waals surface area contributed by atoms with Crippen LogP contribution in [0.5, 0.6) is 0 Å². The Morgan fingerprint density at radius 1 is 1.15 bits per heavy atom. The summed E-state index contributed by atoms with van der Waals surface area (Å²) in [5, 5.41) is 23.7. The first-order valence-electron chi connectivity index (χ1n) is 14.0. The van der Waals surface area contributed by atoms with Crippen molar-refractivity contribution < 1.29 is 19.5 Å². The number of anilines is 1. The number of hydrogen-bond donors (Lipinski definition) is 5. The molecule has 3 aromatic rings. The van der Waals surface area contributed by atoms with Gasteiger partial charge in [0.05, 0.1) is 23.9 Å². The zero-order valence-corrected chi connectivity index (χ0v) is 24.3. The minimum Gasteiger partial charge on any atom is -0.391 e. The average Bonchev–Trinajstić information content (AvgIpc) is 3.40. The quantitative estimate of drug-likeness (QED) is 0.257. The van der Waals surface area contributed by atoms with Gasteiger partial charge in [-0.15, -0.1) is 0 Å². The van der Waals surface area contributed by atoms with E-state index < -0.39 is 35.4 Å². The van der Waals surface area contributed by atoms with E-state index in [4.69, 9.17) is 5.73 Å². The average molecular weight is 561 g/mol. The van der Waals surface area contributed by atoms with Gasteiger partial charge in [-0.3, -0.25) is 14.4 Å².